The smallest absolute Gasteiger partial charge is 0.307 e. The fourth-order valence-electron chi connectivity index (χ4n) is 2.08. The monoisotopic (exact) mass is 345 g/mol. The lowest BCUT2D eigenvalue weighted by atomic mass is 10.2. The highest BCUT2D eigenvalue weighted by Gasteiger charge is 2.52. The molecule has 3 rings (SSSR count). The number of ether oxygens (including phenoxy) is 1. The predicted octanol–water partition coefficient (Wildman–Crippen LogP) is 3.23. The highest BCUT2D eigenvalue weighted by Crippen LogP contribution is 2.53. The Morgan fingerprint density at radius 2 is 2.14 bits per heavy atom. The van der Waals surface area contributed by atoms with Crippen LogP contribution in [0.3, 0.4) is 0 Å². The molecule has 2 aliphatic rings. The average Bonchev–Trinajstić information content (AvgIpc) is 3.05. The number of para-hydroxylation sites is 1. The van der Waals surface area contributed by atoms with Crippen LogP contribution in [0.2, 0.25) is 0 Å². The lowest BCUT2D eigenvalue weighted by Crippen LogP contribution is -2.31. The van der Waals surface area contributed by atoms with Crippen LogP contribution in [0.4, 0.5) is 5.69 Å². The van der Waals surface area contributed by atoms with Gasteiger partial charge < -0.3 is 10.1 Å². The molecule has 1 aliphatic carbocycles. The van der Waals surface area contributed by atoms with E-state index in [1.54, 1.807) is 0 Å². The number of halogens is 2. The van der Waals surface area contributed by atoms with E-state index in [0.29, 0.717) is 6.42 Å². The summed E-state index contributed by atoms with van der Waals surface area (Å²) in [5.74, 6) is -0.581. The minimum Gasteiger partial charge on any atom is -0.465 e. The Morgan fingerprint density at radius 3 is 2.86 bits per heavy atom. The maximum atomic E-state index is 12.0. The van der Waals surface area contributed by atoms with E-state index in [0.717, 1.165) is 10.6 Å². The molecule has 0 spiro atoms. The highest BCUT2D eigenvalue weighted by atomic mass is 35.5. The lowest BCUT2D eigenvalue weighted by molar-refractivity contribution is -0.144. The van der Waals surface area contributed by atoms with Gasteiger partial charge in [-0.15, -0.1) is 35.0 Å². The van der Waals surface area contributed by atoms with E-state index in [1.165, 1.54) is 11.8 Å². The molecule has 0 saturated heterocycles. The minimum atomic E-state index is -0.754. The van der Waals surface area contributed by atoms with Gasteiger partial charge in [-0.25, -0.2) is 0 Å². The first-order chi connectivity index (χ1) is 9.95. The Balaban J connectivity index is 1.53. The van der Waals surface area contributed by atoms with Gasteiger partial charge in [0.15, 0.2) is 0 Å². The highest BCUT2D eigenvalue weighted by molar-refractivity contribution is 8.01. The number of carbonyl (C=O) groups excluding carboxylic acids is 2. The van der Waals surface area contributed by atoms with Crippen molar-refractivity contribution >= 4 is 52.5 Å². The summed E-state index contributed by atoms with van der Waals surface area (Å²) in [5.41, 5.74) is 0.782. The first-order valence-electron chi connectivity index (χ1n) is 6.56. The predicted molar refractivity (Wildman–Crippen MR) is 82.8 cm³/mol. The van der Waals surface area contributed by atoms with Crippen LogP contribution >= 0.6 is 35.0 Å². The average molecular weight is 346 g/mol. The van der Waals surface area contributed by atoms with E-state index >= 15 is 0 Å². The van der Waals surface area contributed by atoms with Gasteiger partial charge in [0.2, 0.25) is 5.91 Å². The van der Waals surface area contributed by atoms with Crippen molar-refractivity contribution in [2.75, 3.05) is 11.9 Å². The number of rotatable bonds is 4. The third-order valence-corrected chi connectivity index (χ3v) is 5.66. The van der Waals surface area contributed by atoms with Crippen molar-refractivity contribution in [3.63, 3.8) is 0 Å². The Bertz CT molecular complexity index is 593. The molecule has 1 saturated carbocycles. The second-order valence-electron chi connectivity index (χ2n) is 5.14. The van der Waals surface area contributed by atoms with E-state index in [2.05, 4.69) is 5.32 Å². The van der Waals surface area contributed by atoms with Gasteiger partial charge in [-0.2, -0.15) is 0 Å². The third-order valence-electron chi connectivity index (χ3n) is 3.46. The van der Waals surface area contributed by atoms with E-state index in [9.17, 15) is 9.59 Å². The van der Waals surface area contributed by atoms with Gasteiger partial charge in [-0.05, 0) is 18.6 Å². The zero-order chi connectivity index (χ0) is 15.0. The van der Waals surface area contributed by atoms with Crippen molar-refractivity contribution in [1.82, 2.24) is 0 Å². The first kappa shape index (κ1) is 15.0. The Hall–Kier alpha value is -0.910. The summed E-state index contributed by atoms with van der Waals surface area (Å²) < 4.78 is 4.39. The molecule has 0 radical (unpaired) electrons. The number of hydrogen-bond donors (Lipinski definition) is 1. The van der Waals surface area contributed by atoms with Gasteiger partial charge in [0, 0.05) is 10.8 Å². The van der Waals surface area contributed by atoms with Crippen LogP contribution in [0.25, 0.3) is 0 Å². The molecule has 1 amide bonds. The van der Waals surface area contributed by atoms with Crippen LogP contribution in [0.5, 0.6) is 0 Å². The Labute approximate surface area is 136 Å². The molecule has 7 heteroatoms. The van der Waals surface area contributed by atoms with Crippen molar-refractivity contribution in [1.29, 1.82) is 0 Å². The number of esters is 1. The summed E-state index contributed by atoms with van der Waals surface area (Å²) in [5, 5.41) is 2.33. The number of alkyl halides is 2. The summed E-state index contributed by atoms with van der Waals surface area (Å²) in [6.45, 7) is 0.210. The number of carbonyl (C=O) groups is 2. The molecule has 4 nitrogen and oxygen atoms in total. The quantitative estimate of drug-likeness (QED) is 0.672. The van der Waals surface area contributed by atoms with Crippen molar-refractivity contribution in [3.05, 3.63) is 24.3 Å². The number of hydrogen-bond acceptors (Lipinski definition) is 4. The SMILES string of the molecule is O=C(C[C@H]1Sc2ccccc2NC1=O)OC[C@H]1CC1(Cl)Cl. The molecule has 112 valence electrons. The van der Waals surface area contributed by atoms with E-state index < -0.39 is 15.6 Å². The van der Waals surface area contributed by atoms with Crippen molar-refractivity contribution in [3.8, 4) is 0 Å². The van der Waals surface area contributed by atoms with E-state index in [1.807, 2.05) is 24.3 Å². The summed E-state index contributed by atoms with van der Waals surface area (Å²) in [6, 6.07) is 7.50. The Morgan fingerprint density at radius 1 is 1.43 bits per heavy atom. The Kier molecular flexibility index (Phi) is 4.08. The molecule has 2 atom stereocenters. The summed E-state index contributed by atoms with van der Waals surface area (Å²) in [4.78, 5) is 24.7. The molecule has 21 heavy (non-hydrogen) atoms. The van der Waals surface area contributed by atoms with Crippen molar-refractivity contribution in [2.45, 2.75) is 27.3 Å². The van der Waals surface area contributed by atoms with Crippen LogP contribution in [0, 0.1) is 5.92 Å². The fraction of sp³-hybridized carbons (Fsp3) is 0.429. The second-order valence-corrected chi connectivity index (χ2v) is 7.93. The summed E-state index contributed by atoms with van der Waals surface area (Å²) in [7, 11) is 0. The normalized spacial score (nSPS) is 25.7. The molecule has 0 bridgehead atoms. The van der Waals surface area contributed by atoms with Gasteiger partial charge in [-0.3, -0.25) is 9.59 Å². The molecule has 1 heterocycles. The maximum absolute atomic E-state index is 12.0. The number of amides is 1. The molecule has 0 aromatic heterocycles. The fourth-order valence-corrected chi connectivity index (χ4v) is 3.67. The van der Waals surface area contributed by atoms with Crippen LogP contribution in [0.1, 0.15) is 12.8 Å². The van der Waals surface area contributed by atoms with Gasteiger partial charge in [0.05, 0.1) is 24.0 Å². The summed E-state index contributed by atoms with van der Waals surface area (Å²) in [6.07, 6.45) is 0.671. The molecule has 1 aromatic rings. The first-order valence-corrected chi connectivity index (χ1v) is 8.19. The van der Waals surface area contributed by atoms with Crippen molar-refractivity contribution < 1.29 is 14.3 Å². The molecule has 1 fully saturated rings. The molecule has 0 unspecified atom stereocenters. The molecule has 1 aliphatic heterocycles. The standard InChI is InChI=1S/C14H13Cl2NO3S/c15-14(16)6-8(14)7-20-12(18)5-11-13(19)17-9-3-1-2-4-10(9)21-11/h1-4,8,11H,5-7H2,(H,17,19)/t8-,11-/m1/s1. The number of fused-ring (bicyclic) bond motifs is 1. The maximum Gasteiger partial charge on any atom is 0.307 e. The van der Waals surface area contributed by atoms with Gasteiger partial charge >= 0.3 is 5.97 Å². The third kappa shape index (κ3) is 3.47. The number of benzene rings is 1. The molecular formula is C14H13Cl2NO3S. The van der Waals surface area contributed by atoms with Gasteiger partial charge in [0.25, 0.3) is 0 Å². The van der Waals surface area contributed by atoms with Gasteiger partial charge in [-0.1, -0.05) is 12.1 Å². The molecular weight excluding hydrogens is 333 g/mol. The van der Waals surface area contributed by atoms with Crippen LogP contribution in [0.15, 0.2) is 29.2 Å². The zero-order valence-corrected chi connectivity index (χ0v) is 13.3. The number of thioether (sulfide) groups is 1. The molecule has 1 N–H and O–H groups in total. The molecule has 1 aromatic carbocycles. The van der Waals surface area contributed by atoms with Gasteiger partial charge in [0.1, 0.15) is 4.33 Å². The zero-order valence-electron chi connectivity index (χ0n) is 11.0. The van der Waals surface area contributed by atoms with Crippen LogP contribution in [-0.4, -0.2) is 28.1 Å². The second kappa shape index (κ2) is 5.71. The van der Waals surface area contributed by atoms with E-state index in [4.69, 9.17) is 27.9 Å². The summed E-state index contributed by atoms with van der Waals surface area (Å²) >= 11 is 13.1. The topological polar surface area (TPSA) is 55.4 Å². The number of anilines is 1. The largest absolute Gasteiger partial charge is 0.465 e. The van der Waals surface area contributed by atoms with E-state index in [-0.39, 0.29) is 24.9 Å². The lowest BCUT2D eigenvalue weighted by Gasteiger charge is -2.23. The minimum absolute atomic E-state index is 0.00153. The van der Waals surface area contributed by atoms with Crippen LogP contribution in [-0.2, 0) is 14.3 Å². The van der Waals surface area contributed by atoms with Crippen LogP contribution < -0.4 is 5.32 Å². The number of nitrogens with one attached hydrogen (secondary N) is 1. The van der Waals surface area contributed by atoms with Crippen molar-refractivity contribution in [2.24, 2.45) is 5.92 Å².